The molecule has 1 aromatic heterocycles. The van der Waals surface area contributed by atoms with Gasteiger partial charge >= 0.3 is 12.1 Å². The molecule has 1 rings (SSSR count). The molecule has 0 aromatic carbocycles. The molecular weight excluding hydrogens is 281 g/mol. The van der Waals surface area contributed by atoms with Gasteiger partial charge in [-0.2, -0.15) is 13.2 Å². The Morgan fingerprint density at radius 1 is 1.40 bits per heavy atom. The number of rotatable bonds is 6. The molecule has 0 radical (unpaired) electrons. The third-order valence-electron chi connectivity index (χ3n) is 2.43. The molecule has 1 atom stereocenters. The van der Waals surface area contributed by atoms with E-state index in [1.54, 1.807) is 0 Å². The van der Waals surface area contributed by atoms with E-state index < -0.39 is 37.2 Å². The van der Waals surface area contributed by atoms with E-state index in [0.29, 0.717) is 4.57 Å². The largest absolute Gasteiger partial charge is 0.480 e. The van der Waals surface area contributed by atoms with Crippen molar-refractivity contribution in [2.24, 2.45) is 0 Å². The summed E-state index contributed by atoms with van der Waals surface area (Å²) < 4.78 is 37.6. The number of carboxylic acid groups (broad SMARTS) is 1. The summed E-state index contributed by atoms with van der Waals surface area (Å²) >= 11 is 0. The van der Waals surface area contributed by atoms with E-state index >= 15 is 0 Å². The van der Waals surface area contributed by atoms with Gasteiger partial charge in [-0.3, -0.25) is 4.79 Å². The molecule has 1 aromatic rings. The third-order valence-corrected chi connectivity index (χ3v) is 2.43. The number of hydrogen-bond acceptors (Lipinski definition) is 3. The SMILES string of the molecule is O=C(N[C@@H](CCO)C(=O)O)c1cccn1CC(F)(F)F. The average Bonchev–Trinajstić information content (AvgIpc) is 2.73. The summed E-state index contributed by atoms with van der Waals surface area (Å²) in [6, 6.07) is 1.04. The van der Waals surface area contributed by atoms with Crippen molar-refractivity contribution in [2.75, 3.05) is 6.61 Å². The lowest BCUT2D eigenvalue weighted by Crippen LogP contribution is -2.42. The smallest absolute Gasteiger partial charge is 0.406 e. The number of carbonyl (C=O) groups excluding carboxylic acids is 1. The fourth-order valence-electron chi connectivity index (χ4n) is 1.57. The fourth-order valence-corrected chi connectivity index (χ4v) is 1.57. The van der Waals surface area contributed by atoms with E-state index in [-0.39, 0.29) is 12.1 Å². The van der Waals surface area contributed by atoms with Crippen LogP contribution in [0.1, 0.15) is 16.9 Å². The summed E-state index contributed by atoms with van der Waals surface area (Å²) in [6.07, 6.45) is -3.66. The van der Waals surface area contributed by atoms with Crippen LogP contribution < -0.4 is 5.32 Å². The van der Waals surface area contributed by atoms with E-state index in [2.05, 4.69) is 5.32 Å². The molecule has 1 heterocycles. The topological polar surface area (TPSA) is 91.6 Å². The first-order valence-corrected chi connectivity index (χ1v) is 5.61. The number of nitrogens with zero attached hydrogens (tertiary/aromatic N) is 1. The molecule has 1 amide bonds. The van der Waals surface area contributed by atoms with Crippen LogP contribution in [-0.2, 0) is 11.3 Å². The first-order valence-electron chi connectivity index (χ1n) is 5.61. The van der Waals surface area contributed by atoms with E-state index in [9.17, 15) is 22.8 Å². The second-order valence-corrected chi connectivity index (χ2v) is 4.01. The third kappa shape index (κ3) is 4.57. The quantitative estimate of drug-likeness (QED) is 0.717. The Morgan fingerprint density at radius 3 is 2.55 bits per heavy atom. The van der Waals surface area contributed by atoms with Crippen molar-refractivity contribution in [2.45, 2.75) is 25.2 Å². The molecule has 0 fully saturated rings. The van der Waals surface area contributed by atoms with Crippen molar-refractivity contribution in [1.29, 1.82) is 0 Å². The first-order chi connectivity index (χ1) is 9.24. The van der Waals surface area contributed by atoms with Gasteiger partial charge in [0.2, 0.25) is 0 Å². The van der Waals surface area contributed by atoms with Crippen LogP contribution in [0.25, 0.3) is 0 Å². The van der Waals surface area contributed by atoms with Gasteiger partial charge < -0.3 is 20.1 Å². The van der Waals surface area contributed by atoms with Crippen LogP contribution in [0, 0.1) is 0 Å². The predicted molar refractivity (Wildman–Crippen MR) is 61.1 cm³/mol. The molecule has 20 heavy (non-hydrogen) atoms. The molecule has 0 saturated carbocycles. The van der Waals surface area contributed by atoms with Gasteiger partial charge in [-0.1, -0.05) is 0 Å². The lowest BCUT2D eigenvalue weighted by Gasteiger charge is -2.15. The molecule has 6 nitrogen and oxygen atoms in total. The minimum absolute atomic E-state index is 0.235. The maximum atomic E-state index is 12.3. The number of hydrogen-bond donors (Lipinski definition) is 3. The molecule has 0 bridgehead atoms. The maximum absolute atomic E-state index is 12.3. The number of nitrogens with one attached hydrogen (secondary N) is 1. The highest BCUT2D eigenvalue weighted by molar-refractivity contribution is 5.95. The zero-order valence-electron chi connectivity index (χ0n) is 10.2. The van der Waals surface area contributed by atoms with Crippen molar-refractivity contribution >= 4 is 11.9 Å². The summed E-state index contributed by atoms with van der Waals surface area (Å²) in [7, 11) is 0. The van der Waals surface area contributed by atoms with Gasteiger partial charge in [-0.05, 0) is 12.1 Å². The Hall–Kier alpha value is -2.03. The molecule has 0 unspecified atom stereocenters. The lowest BCUT2D eigenvalue weighted by molar-refractivity contribution is -0.141. The molecule has 0 spiro atoms. The summed E-state index contributed by atoms with van der Waals surface area (Å²) in [5, 5.41) is 19.5. The molecule has 0 aliphatic heterocycles. The van der Waals surface area contributed by atoms with Gasteiger partial charge in [0.1, 0.15) is 18.3 Å². The number of halogens is 3. The van der Waals surface area contributed by atoms with Crippen LogP contribution in [0.4, 0.5) is 13.2 Å². The summed E-state index contributed by atoms with van der Waals surface area (Å²) in [4.78, 5) is 22.6. The first kappa shape index (κ1) is 16.0. The standard InChI is InChI=1S/C11H13F3N2O4/c12-11(13,14)6-16-4-1-2-8(16)9(18)15-7(3-5-17)10(19)20/h1-2,4,7,17H,3,5-6H2,(H,15,18)(H,19,20)/t7-/m0/s1. The second-order valence-electron chi connectivity index (χ2n) is 4.01. The lowest BCUT2D eigenvalue weighted by atomic mass is 10.2. The van der Waals surface area contributed by atoms with Crippen LogP contribution in [0.2, 0.25) is 0 Å². The Kier molecular flexibility index (Phi) is 5.14. The summed E-state index contributed by atoms with van der Waals surface area (Å²) in [5.41, 5.74) is -0.300. The van der Waals surface area contributed by atoms with Gasteiger partial charge in [0.05, 0.1) is 0 Å². The molecule has 112 valence electrons. The highest BCUT2D eigenvalue weighted by Crippen LogP contribution is 2.19. The monoisotopic (exact) mass is 294 g/mol. The summed E-state index contributed by atoms with van der Waals surface area (Å²) in [6.45, 7) is -1.82. The van der Waals surface area contributed by atoms with Crippen molar-refractivity contribution in [3.63, 3.8) is 0 Å². The Bertz CT molecular complexity index is 484. The van der Waals surface area contributed by atoms with Crippen molar-refractivity contribution in [3.05, 3.63) is 24.0 Å². The summed E-state index contributed by atoms with van der Waals surface area (Å²) in [5.74, 6) is -2.32. The van der Waals surface area contributed by atoms with Crippen molar-refractivity contribution in [1.82, 2.24) is 9.88 Å². The molecular formula is C11H13F3N2O4. The number of aliphatic carboxylic acids is 1. The Balaban J connectivity index is 2.82. The van der Waals surface area contributed by atoms with Crippen molar-refractivity contribution in [3.8, 4) is 0 Å². The Morgan fingerprint density at radius 2 is 2.05 bits per heavy atom. The van der Waals surface area contributed by atoms with Crippen molar-refractivity contribution < 1.29 is 33.0 Å². The number of carbonyl (C=O) groups is 2. The highest BCUT2D eigenvalue weighted by atomic mass is 19.4. The van der Waals surface area contributed by atoms with Gasteiger partial charge in [0.25, 0.3) is 5.91 Å². The average molecular weight is 294 g/mol. The van der Waals surface area contributed by atoms with Gasteiger partial charge in [0, 0.05) is 19.2 Å². The number of aliphatic hydroxyl groups is 1. The zero-order valence-corrected chi connectivity index (χ0v) is 10.2. The number of aliphatic hydroxyl groups excluding tert-OH is 1. The highest BCUT2D eigenvalue weighted by Gasteiger charge is 2.30. The van der Waals surface area contributed by atoms with Crippen LogP contribution in [0.5, 0.6) is 0 Å². The predicted octanol–water partition coefficient (Wildman–Crippen LogP) is 0.616. The minimum atomic E-state index is -4.49. The second kappa shape index (κ2) is 6.42. The maximum Gasteiger partial charge on any atom is 0.406 e. The van der Waals surface area contributed by atoms with Crippen LogP contribution in [0.3, 0.4) is 0 Å². The van der Waals surface area contributed by atoms with Gasteiger partial charge in [-0.25, -0.2) is 4.79 Å². The molecule has 3 N–H and O–H groups in total. The van der Waals surface area contributed by atoms with E-state index in [4.69, 9.17) is 10.2 Å². The van der Waals surface area contributed by atoms with E-state index in [1.165, 1.54) is 6.07 Å². The van der Waals surface area contributed by atoms with Gasteiger partial charge in [0.15, 0.2) is 0 Å². The van der Waals surface area contributed by atoms with E-state index in [1.807, 2.05) is 0 Å². The molecule has 0 aliphatic rings. The minimum Gasteiger partial charge on any atom is -0.480 e. The van der Waals surface area contributed by atoms with Crippen LogP contribution in [0.15, 0.2) is 18.3 Å². The number of alkyl halides is 3. The fraction of sp³-hybridized carbons (Fsp3) is 0.455. The Labute approximate surface area is 111 Å². The van der Waals surface area contributed by atoms with Gasteiger partial charge in [-0.15, -0.1) is 0 Å². The molecule has 9 heteroatoms. The number of carboxylic acids is 1. The molecule has 0 aliphatic carbocycles. The van der Waals surface area contributed by atoms with E-state index in [0.717, 1.165) is 12.3 Å². The zero-order chi connectivity index (χ0) is 15.3. The molecule has 0 saturated heterocycles. The van der Waals surface area contributed by atoms with Crippen LogP contribution in [-0.4, -0.2) is 45.5 Å². The number of amides is 1. The number of aromatic nitrogens is 1. The van der Waals surface area contributed by atoms with Crippen LogP contribution >= 0.6 is 0 Å². The normalized spacial score (nSPS) is 13.0.